The first kappa shape index (κ1) is 21.0. The van der Waals surface area contributed by atoms with Gasteiger partial charge in [0.2, 0.25) is 19.3 Å². The van der Waals surface area contributed by atoms with E-state index in [1.807, 2.05) is 0 Å². The first-order valence-corrected chi connectivity index (χ1v) is 8.63. The Morgan fingerprint density at radius 3 is 2.64 bits per heavy atom. The molecule has 1 aromatic rings. The third kappa shape index (κ3) is 6.78. The molecule has 28 heavy (non-hydrogen) atoms. The summed E-state index contributed by atoms with van der Waals surface area (Å²) in [5.74, 6) is -0.414. The normalized spacial score (nSPS) is 12.5. The van der Waals surface area contributed by atoms with Crippen molar-refractivity contribution in [1.82, 2.24) is 10.6 Å². The van der Waals surface area contributed by atoms with Crippen LogP contribution in [-0.2, 0) is 24.0 Å². The van der Waals surface area contributed by atoms with E-state index >= 15 is 0 Å². The highest BCUT2D eigenvalue weighted by atomic mass is 16.7. The molecule has 2 rings (SSSR count). The standard InChI is InChI=1S/C18H23N3O7/c1-11(2)20-16(22)7-19-17(23)8-25-18(24)9-28-21-12(3)13-4-5-14-15(6-13)27-10-26-14/h4-6,11H,7-10H2,1-3H3,(H,19,23)(H,20,22)/b21-12-. The van der Waals surface area contributed by atoms with Gasteiger partial charge in [-0.25, -0.2) is 4.79 Å². The number of esters is 1. The highest BCUT2D eigenvalue weighted by Crippen LogP contribution is 2.32. The summed E-state index contributed by atoms with van der Waals surface area (Å²) >= 11 is 0. The quantitative estimate of drug-likeness (QED) is 0.352. The van der Waals surface area contributed by atoms with E-state index in [1.165, 1.54) is 0 Å². The van der Waals surface area contributed by atoms with Gasteiger partial charge in [-0.3, -0.25) is 9.59 Å². The van der Waals surface area contributed by atoms with E-state index in [0.717, 1.165) is 5.56 Å². The molecule has 10 nitrogen and oxygen atoms in total. The van der Waals surface area contributed by atoms with Crippen LogP contribution in [-0.4, -0.2) is 56.1 Å². The first-order chi connectivity index (χ1) is 13.3. The summed E-state index contributed by atoms with van der Waals surface area (Å²) in [6, 6.07) is 5.27. The molecule has 10 heteroatoms. The number of carbonyl (C=O) groups excluding carboxylic acids is 3. The zero-order valence-corrected chi connectivity index (χ0v) is 15.9. The average Bonchev–Trinajstić information content (AvgIpc) is 3.11. The Kier molecular flexibility index (Phi) is 7.61. The fraction of sp³-hybridized carbons (Fsp3) is 0.444. The lowest BCUT2D eigenvalue weighted by Crippen LogP contribution is -2.41. The Labute approximate surface area is 162 Å². The minimum Gasteiger partial charge on any atom is -0.454 e. The van der Waals surface area contributed by atoms with Gasteiger partial charge in [-0.05, 0) is 39.0 Å². The van der Waals surface area contributed by atoms with Crippen LogP contribution < -0.4 is 20.1 Å². The van der Waals surface area contributed by atoms with Crippen molar-refractivity contribution in [3.8, 4) is 11.5 Å². The molecule has 0 fully saturated rings. The Balaban J connectivity index is 1.67. The Bertz CT molecular complexity index is 762. The van der Waals surface area contributed by atoms with Crippen molar-refractivity contribution in [2.24, 2.45) is 5.16 Å². The predicted octanol–water partition coefficient (Wildman–Crippen LogP) is 0.340. The molecule has 0 aromatic heterocycles. The largest absolute Gasteiger partial charge is 0.454 e. The maximum atomic E-state index is 11.6. The number of amides is 2. The molecule has 152 valence electrons. The SMILES string of the molecule is C/C(=N/OCC(=O)OCC(=O)NCC(=O)NC(C)C)c1ccc2c(c1)OCO2. The smallest absolute Gasteiger partial charge is 0.347 e. The van der Waals surface area contributed by atoms with Gasteiger partial charge in [-0.1, -0.05) is 5.16 Å². The number of hydrogen-bond donors (Lipinski definition) is 2. The van der Waals surface area contributed by atoms with Gasteiger partial charge in [-0.15, -0.1) is 0 Å². The van der Waals surface area contributed by atoms with Crippen molar-refractivity contribution in [3.63, 3.8) is 0 Å². The summed E-state index contributed by atoms with van der Waals surface area (Å²) in [5.41, 5.74) is 1.27. The van der Waals surface area contributed by atoms with Gasteiger partial charge in [0, 0.05) is 11.6 Å². The third-order valence-electron chi connectivity index (χ3n) is 3.43. The second-order valence-electron chi connectivity index (χ2n) is 6.18. The van der Waals surface area contributed by atoms with Gasteiger partial charge >= 0.3 is 5.97 Å². The van der Waals surface area contributed by atoms with E-state index in [4.69, 9.17) is 19.0 Å². The topological polar surface area (TPSA) is 125 Å². The highest BCUT2D eigenvalue weighted by Gasteiger charge is 2.14. The summed E-state index contributed by atoms with van der Waals surface area (Å²) in [6.07, 6.45) is 0. The molecule has 1 aromatic carbocycles. The fourth-order valence-corrected chi connectivity index (χ4v) is 2.15. The molecule has 1 heterocycles. The Hall–Kier alpha value is -3.30. The van der Waals surface area contributed by atoms with Crippen LogP contribution in [0.1, 0.15) is 26.3 Å². The number of hydrogen-bond acceptors (Lipinski definition) is 8. The third-order valence-corrected chi connectivity index (χ3v) is 3.43. The number of nitrogens with one attached hydrogen (secondary N) is 2. The monoisotopic (exact) mass is 393 g/mol. The fourth-order valence-electron chi connectivity index (χ4n) is 2.15. The van der Waals surface area contributed by atoms with Gasteiger partial charge in [0.25, 0.3) is 5.91 Å². The maximum Gasteiger partial charge on any atom is 0.347 e. The molecule has 0 radical (unpaired) electrons. The van der Waals surface area contributed by atoms with Crippen LogP contribution in [0.5, 0.6) is 11.5 Å². The number of fused-ring (bicyclic) bond motifs is 1. The predicted molar refractivity (Wildman–Crippen MR) is 98.0 cm³/mol. The molecule has 0 saturated heterocycles. The van der Waals surface area contributed by atoms with Crippen molar-refractivity contribution in [3.05, 3.63) is 23.8 Å². The molecular weight excluding hydrogens is 370 g/mol. The van der Waals surface area contributed by atoms with Crippen molar-refractivity contribution in [1.29, 1.82) is 0 Å². The average molecular weight is 393 g/mol. The lowest BCUT2D eigenvalue weighted by molar-refractivity contribution is -0.152. The van der Waals surface area contributed by atoms with E-state index in [9.17, 15) is 14.4 Å². The Morgan fingerprint density at radius 2 is 1.89 bits per heavy atom. The molecule has 1 aliphatic rings. The van der Waals surface area contributed by atoms with Crippen LogP contribution in [0.4, 0.5) is 0 Å². The molecule has 1 aliphatic heterocycles. The van der Waals surface area contributed by atoms with Gasteiger partial charge in [0.05, 0.1) is 12.3 Å². The van der Waals surface area contributed by atoms with Crippen molar-refractivity contribution in [2.75, 3.05) is 26.6 Å². The molecule has 0 spiro atoms. The van der Waals surface area contributed by atoms with Crippen LogP contribution in [0.15, 0.2) is 23.4 Å². The first-order valence-electron chi connectivity index (χ1n) is 8.63. The van der Waals surface area contributed by atoms with E-state index in [1.54, 1.807) is 39.0 Å². The van der Waals surface area contributed by atoms with Crippen molar-refractivity contribution >= 4 is 23.5 Å². The second-order valence-corrected chi connectivity index (χ2v) is 6.18. The minimum absolute atomic E-state index is 0.0268. The highest BCUT2D eigenvalue weighted by molar-refractivity contribution is 5.99. The molecule has 2 amide bonds. The second kappa shape index (κ2) is 10.1. The van der Waals surface area contributed by atoms with Crippen molar-refractivity contribution in [2.45, 2.75) is 26.8 Å². The zero-order valence-electron chi connectivity index (χ0n) is 15.9. The zero-order chi connectivity index (χ0) is 20.5. The number of carbonyl (C=O) groups is 3. The Morgan fingerprint density at radius 1 is 1.14 bits per heavy atom. The van der Waals surface area contributed by atoms with Crippen LogP contribution in [0, 0.1) is 0 Å². The molecule has 0 unspecified atom stereocenters. The summed E-state index contributed by atoms with van der Waals surface area (Å²) in [6.45, 7) is 4.33. The maximum absolute atomic E-state index is 11.6. The molecule has 0 bridgehead atoms. The van der Waals surface area contributed by atoms with E-state index in [0.29, 0.717) is 17.2 Å². The van der Waals surface area contributed by atoms with Crippen molar-refractivity contribution < 1.29 is 33.4 Å². The summed E-state index contributed by atoms with van der Waals surface area (Å²) in [7, 11) is 0. The van der Waals surface area contributed by atoms with Crippen LogP contribution in [0.2, 0.25) is 0 Å². The number of ether oxygens (including phenoxy) is 3. The van der Waals surface area contributed by atoms with E-state index in [2.05, 4.69) is 15.8 Å². The summed E-state index contributed by atoms with van der Waals surface area (Å²) in [5, 5.41) is 8.80. The number of nitrogens with zero attached hydrogens (tertiary/aromatic N) is 1. The molecular formula is C18H23N3O7. The lowest BCUT2D eigenvalue weighted by atomic mass is 10.1. The number of benzene rings is 1. The molecule has 0 saturated carbocycles. The minimum atomic E-state index is -0.760. The lowest BCUT2D eigenvalue weighted by Gasteiger charge is -2.09. The van der Waals surface area contributed by atoms with E-state index < -0.39 is 25.1 Å². The van der Waals surface area contributed by atoms with Gasteiger partial charge in [-0.2, -0.15) is 0 Å². The number of rotatable bonds is 9. The number of oxime groups is 1. The molecule has 2 N–H and O–H groups in total. The molecule has 0 aliphatic carbocycles. The van der Waals surface area contributed by atoms with Crippen LogP contribution in [0.3, 0.4) is 0 Å². The van der Waals surface area contributed by atoms with Gasteiger partial charge in [0.15, 0.2) is 18.1 Å². The molecule has 0 atom stereocenters. The van der Waals surface area contributed by atoms with E-state index in [-0.39, 0.29) is 25.3 Å². The summed E-state index contributed by atoms with van der Waals surface area (Å²) < 4.78 is 15.3. The van der Waals surface area contributed by atoms with Gasteiger partial charge < -0.3 is 29.7 Å². The van der Waals surface area contributed by atoms with Gasteiger partial charge in [0.1, 0.15) is 0 Å². The summed E-state index contributed by atoms with van der Waals surface area (Å²) in [4.78, 5) is 39.5. The van der Waals surface area contributed by atoms with Crippen LogP contribution in [0.25, 0.3) is 0 Å². The van der Waals surface area contributed by atoms with Crippen LogP contribution >= 0.6 is 0 Å².